The summed E-state index contributed by atoms with van der Waals surface area (Å²) in [5.41, 5.74) is -0.262. The number of aliphatic carboxylic acids is 1. The van der Waals surface area contributed by atoms with Crippen LogP contribution in [0.25, 0.3) is 0 Å². The first-order valence-electron chi connectivity index (χ1n) is 7.67. The molecule has 1 atom stereocenters. The van der Waals surface area contributed by atoms with Gasteiger partial charge in [-0.2, -0.15) is 0 Å². The van der Waals surface area contributed by atoms with Crippen LogP contribution in [0.2, 0.25) is 0 Å². The lowest BCUT2D eigenvalue weighted by Gasteiger charge is -2.20. The van der Waals surface area contributed by atoms with E-state index in [1.807, 2.05) is 0 Å². The minimum Gasteiger partial charge on any atom is -0.490 e. The average Bonchev–Trinajstić information content (AvgIpc) is 2.98. The topological polar surface area (TPSA) is 110 Å². The van der Waals surface area contributed by atoms with Gasteiger partial charge in [0, 0.05) is 24.9 Å². The lowest BCUT2D eigenvalue weighted by Crippen LogP contribution is -2.35. The van der Waals surface area contributed by atoms with Gasteiger partial charge < -0.3 is 14.7 Å². The number of ether oxygens (including phenoxy) is 1. The number of nitro groups is 1. The number of benzene rings is 1. The van der Waals surface area contributed by atoms with Crippen LogP contribution in [0.15, 0.2) is 18.2 Å². The molecule has 25 heavy (non-hydrogen) atoms. The van der Waals surface area contributed by atoms with Gasteiger partial charge in [0.25, 0.3) is 0 Å². The molecule has 1 aliphatic rings. The molecule has 0 saturated carbocycles. The van der Waals surface area contributed by atoms with Crippen LogP contribution in [0.4, 0.5) is 5.69 Å². The Kier molecular flexibility index (Phi) is 5.89. The smallest absolute Gasteiger partial charge is 0.311 e. The number of carboxylic acid groups (broad SMARTS) is 1. The van der Waals surface area contributed by atoms with E-state index >= 15 is 0 Å². The van der Waals surface area contributed by atoms with Crippen LogP contribution in [-0.4, -0.2) is 52.8 Å². The molecule has 1 aromatic rings. The fraction of sp³-hybridized carbons (Fsp3) is 0.500. The molecule has 0 bridgehead atoms. The van der Waals surface area contributed by atoms with Crippen molar-refractivity contribution >= 4 is 29.3 Å². The van der Waals surface area contributed by atoms with E-state index < -0.39 is 16.3 Å². The molecule has 0 radical (unpaired) electrons. The lowest BCUT2D eigenvalue weighted by atomic mass is 9.90. The van der Waals surface area contributed by atoms with Gasteiger partial charge in [0.05, 0.1) is 23.2 Å². The van der Waals surface area contributed by atoms with E-state index in [0.717, 1.165) is 5.56 Å². The molecule has 1 amide bonds. The number of nitrogens with zero attached hydrogens (tertiary/aromatic N) is 2. The zero-order valence-electron chi connectivity index (χ0n) is 14.1. The molecule has 1 N–H and O–H groups in total. The SMILES string of the molecule is COc1ccc(CSCC(=O)N2CCC(C)(C(=O)O)C2)cc1[N+](=O)[O-]. The van der Waals surface area contributed by atoms with E-state index in [2.05, 4.69) is 0 Å². The molecule has 1 unspecified atom stereocenters. The molecular formula is C16H20N2O6S. The second kappa shape index (κ2) is 7.73. The summed E-state index contributed by atoms with van der Waals surface area (Å²) in [6.45, 7) is 2.30. The van der Waals surface area contributed by atoms with Gasteiger partial charge in [0.2, 0.25) is 5.91 Å². The van der Waals surface area contributed by atoms with Crippen LogP contribution in [-0.2, 0) is 15.3 Å². The number of hydrogen-bond donors (Lipinski definition) is 1. The van der Waals surface area contributed by atoms with Gasteiger partial charge in [0.15, 0.2) is 5.75 Å². The molecule has 1 aliphatic heterocycles. The normalized spacial score (nSPS) is 19.7. The molecule has 1 heterocycles. The Bertz CT molecular complexity index is 695. The minimum atomic E-state index is -0.888. The van der Waals surface area contributed by atoms with Gasteiger partial charge >= 0.3 is 11.7 Å². The molecule has 9 heteroatoms. The van der Waals surface area contributed by atoms with Crippen molar-refractivity contribution in [3.63, 3.8) is 0 Å². The molecule has 8 nitrogen and oxygen atoms in total. The molecular weight excluding hydrogens is 348 g/mol. The van der Waals surface area contributed by atoms with Crippen LogP contribution in [0, 0.1) is 15.5 Å². The zero-order chi connectivity index (χ0) is 18.6. The molecule has 0 spiro atoms. The van der Waals surface area contributed by atoms with Crippen LogP contribution in [0.3, 0.4) is 0 Å². The predicted octanol–water partition coefficient (Wildman–Crippen LogP) is 2.16. The van der Waals surface area contributed by atoms with Crippen molar-refractivity contribution < 1.29 is 24.4 Å². The third-order valence-corrected chi connectivity index (χ3v) is 5.27. The molecule has 136 valence electrons. The highest BCUT2D eigenvalue weighted by Crippen LogP contribution is 2.31. The summed E-state index contributed by atoms with van der Waals surface area (Å²) in [5.74, 6) is -0.158. The molecule has 1 aromatic carbocycles. The predicted molar refractivity (Wildman–Crippen MR) is 92.8 cm³/mol. The van der Waals surface area contributed by atoms with Crippen LogP contribution < -0.4 is 4.74 Å². The highest BCUT2D eigenvalue weighted by Gasteiger charge is 2.41. The second-order valence-electron chi connectivity index (χ2n) is 6.19. The number of rotatable bonds is 7. The van der Waals surface area contributed by atoms with Crippen molar-refractivity contribution in [1.29, 1.82) is 0 Å². The lowest BCUT2D eigenvalue weighted by molar-refractivity contribution is -0.385. The molecule has 0 aliphatic carbocycles. The maximum Gasteiger partial charge on any atom is 0.311 e. The monoisotopic (exact) mass is 368 g/mol. The number of carbonyl (C=O) groups is 2. The fourth-order valence-corrected chi connectivity index (χ4v) is 3.54. The van der Waals surface area contributed by atoms with E-state index in [-0.39, 0.29) is 29.6 Å². The van der Waals surface area contributed by atoms with E-state index in [0.29, 0.717) is 18.7 Å². The Balaban J connectivity index is 1.89. The molecule has 0 aromatic heterocycles. The van der Waals surface area contributed by atoms with Crippen molar-refractivity contribution in [1.82, 2.24) is 4.90 Å². The highest BCUT2D eigenvalue weighted by molar-refractivity contribution is 7.99. The van der Waals surface area contributed by atoms with Crippen molar-refractivity contribution in [3.8, 4) is 5.75 Å². The van der Waals surface area contributed by atoms with Crippen LogP contribution >= 0.6 is 11.8 Å². The summed E-state index contributed by atoms with van der Waals surface area (Å²) in [4.78, 5) is 35.5. The first-order valence-corrected chi connectivity index (χ1v) is 8.82. The maximum absolute atomic E-state index is 12.2. The Labute approximate surface area is 149 Å². The molecule has 2 rings (SSSR count). The quantitative estimate of drug-likeness (QED) is 0.580. The summed E-state index contributed by atoms with van der Waals surface area (Å²) in [7, 11) is 1.37. The van der Waals surface area contributed by atoms with E-state index in [1.54, 1.807) is 17.9 Å². The van der Waals surface area contributed by atoms with Crippen molar-refractivity contribution in [2.75, 3.05) is 26.0 Å². The Hall–Kier alpha value is -2.29. The van der Waals surface area contributed by atoms with E-state index in [4.69, 9.17) is 4.74 Å². The number of thioether (sulfide) groups is 1. The van der Waals surface area contributed by atoms with Crippen LogP contribution in [0.5, 0.6) is 5.75 Å². The van der Waals surface area contributed by atoms with Crippen molar-refractivity contribution in [3.05, 3.63) is 33.9 Å². The van der Waals surface area contributed by atoms with Gasteiger partial charge in [-0.25, -0.2) is 0 Å². The van der Waals surface area contributed by atoms with E-state index in [1.165, 1.54) is 31.0 Å². The summed E-state index contributed by atoms with van der Waals surface area (Å²) in [6, 6.07) is 4.70. The standard InChI is InChI=1S/C16H20N2O6S/c1-16(15(20)21)5-6-17(10-16)14(19)9-25-8-11-3-4-13(24-2)12(7-11)18(22)23/h3-4,7H,5-6,8-10H2,1-2H3,(H,20,21). The van der Waals surface area contributed by atoms with Gasteiger partial charge in [-0.3, -0.25) is 19.7 Å². The summed E-state index contributed by atoms with van der Waals surface area (Å²) >= 11 is 1.34. The first kappa shape index (κ1) is 19.0. The first-order chi connectivity index (χ1) is 11.8. The van der Waals surface area contributed by atoms with E-state index in [9.17, 15) is 24.8 Å². The summed E-state index contributed by atoms with van der Waals surface area (Å²) in [6.07, 6.45) is 0.448. The number of nitro benzene ring substituents is 1. The van der Waals surface area contributed by atoms with Crippen molar-refractivity contribution in [2.45, 2.75) is 19.1 Å². The van der Waals surface area contributed by atoms with Gasteiger partial charge in [-0.1, -0.05) is 6.07 Å². The number of amides is 1. The maximum atomic E-state index is 12.2. The summed E-state index contributed by atoms with van der Waals surface area (Å²) in [5, 5.41) is 20.2. The highest BCUT2D eigenvalue weighted by atomic mass is 32.2. The zero-order valence-corrected chi connectivity index (χ0v) is 14.9. The number of hydrogen-bond acceptors (Lipinski definition) is 6. The largest absolute Gasteiger partial charge is 0.490 e. The Morgan fingerprint density at radius 1 is 1.48 bits per heavy atom. The Morgan fingerprint density at radius 2 is 2.20 bits per heavy atom. The van der Waals surface area contributed by atoms with Crippen LogP contribution in [0.1, 0.15) is 18.9 Å². The van der Waals surface area contributed by atoms with Crippen molar-refractivity contribution in [2.24, 2.45) is 5.41 Å². The third kappa shape index (κ3) is 4.41. The summed E-state index contributed by atoms with van der Waals surface area (Å²) < 4.78 is 4.95. The molecule has 1 saturated heterocycles. The van der Waals surface area contributed by atoms with Gasteiger partial charge in [-0.05, 0) is 25.0 Å². The average molecular weight is 368 g/mol. The number of carbonyl (C=O) groups excluding carboxylic acids is 1. The third-order valence-electron chi connectivity index (χ3n) is 4.28. The number of carboxylic acids is 1. The number of likely N-dealkylation sites (tertiary alicyclic amines) is 1. The second-order valence-corrected chi connectivity index (χ2v) is 7.17. The van der Waals surface area contributed by atoms with Gasteiger partial charge in [0.1, 0.15) is 0 Å². The van der Waals surface area contributed by atoms with Gasteiger partial charge in [-0.15, -0.1) is 11.8 Å². The molecule has 1 fully saturated rings. The Morgan fingerprint density at radius 3 is 2.76 bits per heavy atom. The number of methoxy groups -OCH3 is 1. The fourth-order valence-electron chi connectivity index (χ4n) is 2.66. The minimum absolute atomic E-state index is 0.108.